The summed E-state index contributed by atoms with van der Waals surface area (Å²) in [6.07, 6.45) is 0.980. The highest BCUT2D eigenvalue weighted by Gasteiger charge is 1.98. The summed E-state index contributed by atoms with van der Waals surface area (Å²) in [6.45, 7) is 3.86. The van der Waals surface area contributed by atoms with Crippen molar-refractivity contribution in [2.24, 2.45) is 0 Å². The van der Waals surface area contributed by atoms with E-state index in [-0.39, 0.29) is 0 Å². The van der Waals surface area contributed by atoms with Gasteiger partial charge in [0.1, 0.15) is 0 Å². The van der Waals surface area contributed by atoms with Crippen LogP contribution in [0.4, 0.5) is 0 Å². The van der Waals surface area contributed by atoms with Gasteiger partial charge < -0.3 is 0 Å². The maximum absolute atomic E-state index is 3.86. The van der Waals surface area contributed by atoms with Crippen LogP contribution < -0.4 is 0 Å². The summed E-state index contributed by atoms with van der Waals surface area (Å²) in [5, 5.41) is 2.68. The average molecular weight is 201 g/mol. The van der Waals surface area contributed by atoms with Gasteiger partial charge in [0, 0.05) is 4.90 Å². The highest BCUT2D eigenvalue weighted by atomic mass is 32.2. The van der Waals surface area contributed by atoms with Crippen molar-refractivity contribution in [2.45, 2.75) is 11.3 Å². The zero-order valence-corrected chi connectivity index (χ0v) is 8.89. The first-order chi connectivity index (χ1) is 6.92. The molecule has 14 heavy (non-hydrogen) atoms. The molecule has 2 rings (SSSR count). The smallest absolute Gasteiger partial charge is 0.0150 e. The average Bonchev–Trinajstić information content (AvgIpc) is 2.26. The zero-order chi connectivity index (χ0) is 9.80. The molecule has 0 aliphatic rings. The van der Waals surface area contributed by atoms with E-state index >= 15 is 0 Å². The number of hydrogen-bond acceptors (Lipinski definition) is 1. The Labute approximate surface area is 89.3 Å². The van der Waals surface area contributed by atoms with Gasteiger partial charge in [-0.1, -0.05) is 43.3 Å². The summed E-state index contributed by atoms with van der Waals surface area (Å²) in [6, 6.07) is 15.0. The van der Waals surface area contributed by atoms with E-state index < -0.39 is 0 Å². The van der Waals surface area contributed by atoms with Crippen LogP contribution in [0.1, 0.15) is 6.42 Å². The quantitative estimate of drug-likeness (QED) is 0.672. The van der Waals surface area contributed by atoms with Crippen molar-refractivity contribution in [1.82, 2.24) is 0 Å². The van der Waals surface area contributed by atoms with E-state index in [1.165, 1.54) is 15.7 Å². The molecule has 1 radical (unpaired) electrons. The zero-order valence-electron chi connectivity index (χ0n) is 8.07. The van der Waals surface area contributed by atoms with Gasteiger partial charge in [-0.25, -0.2) is 0 Å². The van der Waals surface area contributed by atoms with Crippen LogP contribution in [0.3, 0.4) is 0 Å². The van der Waals surface area contributed by atoms with Crippen LogP contribution in [-0.2, 0) is 0 Å². The first kappa shape index (κ1) is 9.60. The Morgan fingerprint density at radius 3 is 2.64 bits per heavy atom. The largest absolute Gasteiger partial charge is 0.126 e. The third kappa shape index (κ3) is 1.93. The highest BCUT2D eigenvalue weighted by molar-refractivity contribution is 7.99. The third-order valence-electron chi connectivity index (χ3n) is 2.15. The molecule has 0 unspecified atom stereocenters. The van der Waals surface area contributed by atoms with Crippen LogP contribution in [0.25, 0.3) is 10.8 Å². The van der Waals surface area contributed by atoms with Gasteiger partial charge in [-0.15, -0.1) is 11.8 Å². The first-order valence-corrected chi connectivity index (χ1v) is 5.80. The van der Waals surface area contributed by atoms with Crippen molar-refractivity contribution in [3.63, 3.8) is 0 Å². The van der Waals surface area contributed by atoms with Gasteiger partial charge in [-0.2, -0.15) is 0 Å². The van der Waals surface area contributed by atoms with E-state index in [0.29, 0.717) is 0 Å². The minimum absolute atomic E-state index is 0.980. The van der Waals surface area contributed by atoms with Gasteiger partial charge in [0.15, 0.2) is 0 Å². The topological polar surface area (TPSA) is 0 Å². The Morgan fingerprint density at radius 2 is 1.79 bits per heavy atom. The van der Waals surface area contributed by atoms with Crippen LogP contribution in [0.2, 0.25) is 0 Å². The Kier molecular flexibility index (Phi) is 3.10. The van der Waals surface area contributed by atoms with E-state index in [4.69, 9.17) is 0 Å². The highest BCUT2D eigenvalue weighted by Crippen LogP contribution is 2.27. The maximum Gasteiger partial charge on any atom is 0.0150 e. The lowest BCUT2D eigenvalue weighted by Gasteiger charge is -2.04. The van der Waals surface area contributed by atoms with Crippen molar-refractivity contribution in [3.8, 4) is 0 Å². The van der Waals surface area contributed by atoms with Crippen LogP contribution in [0.15, 0.2) is 47.4 Å². The third-order valence-corrected chi connectivity index (χ3v) is 3.31. The molecule has 0 atom stereocenters. The minimum atomic E-state index is 0.980. The molecule has 0 heterocycles. The lowest BCUT2D eigenvalue weighted by atomic mass is 10.1. The van der Waals surface area contributed by atoms with Gasteiger partial charge in [0.05, 0.1) is 0 Å². The molecule has 1 heteroatoms. The molecule has 0 aromatic heterocycles. The van der Waals surface area contributed by atoms with Crippen LogP contribution in [0.5, 0.6) is 0 Å². The molecule has 0 fully saturated rings. The SMILES string of the molecule is [CH2]CCSc1cccc2ccccc12. The second-order valence-electron chi connectivity index (χ2n) is 3.18. The molecule has 0 saturated carbocycles. The summed E-state index contributed by atoms with van der Waals surface area (Å²) < 4.78 is 0. The Hall–Kier alpha value is -0.950. The molecule has 0 bridgehead atoms. The molecule has 2 aromatic rings. The number of hydrogen-bond donors (Lipinski definition) is 0. The molecule has 0 spiro atoms. The van der Waals surface area contributed by atoms with Crippen molar-refractivity contribution >= 4 is 22.5 Å². The molecule has 0 amide bonds. The van der Waals surface area contributed by atoms with Crippen molar-refractivity contribution in [3.05, 3.63) is 49.4 Å². The molecule has 71 valence electrons. The van der Waals surface area contributed by atoms with E-state index in [2.05, 4.69) is 49.4 Å². The predicted octanol–water partition coefficient (Wildman–Crippen LogP) is 4.16. The van der Waals surface area contributed by atoms with E-state index in [0.717, 1.165) is 12.2 Å². The van der Waals surface area contributed by atoms with E-state index in [9.17, 15) is 0 Å². The fourth-order valence-corrected chi connectivity index (χ4v) is 2.38. The molecule has 0 aliphatic heterocycles. The molecule has 0 N–H and O–H groups in total. The fourth-order valence-electron chi connectivity index (χ4n) is 1.50. The molecular weight excluding hydrogens is 188 g/mol. The maximum atomic E-state index is 3.86. The molecule has 2 aromatic carbocycles. The molecule has 0 nitrogen and oxygen atoms in total. The lowest BCUT2D eigenvalue weighted by Crippen LogP contribution is -1.79. The normalized spacial score (nSPS) is 10.6. The minimum Gasteiger partial charge on any atom is -0.126 e. The summed E-state index contributed by atoms with van der Waals surface area (Å²) in [5.74, 6) is 1.09. The van der Waals surface area contributed by atoms with Crippen LogP contribution in [-0.4, -0.2) is 5.75 Å². The standard InChI is InChI=1S/C13H13S/c1-2-10-14-13-9-5-7-11-6-3-4-8-12(11)13/h3-9H,1-2,10H2. The van der Waals surface area contributed by atoms with Gasteiger partial charge in [-0.3, -0.25) is 0 Å². The van der Waals surface area contributed by atoms with E-state index in [1.807, 2.05) is 11.8 Å². The fraction of sp³-hybridized carbons (Fsp3) is 0.154. The number of rotatable bonds is 3. The van der Waals surface area contributed by atoms with Crippen molar-refractivity contribution < 1.29 is 0 Å². The summed E-state index contributed by atoms with van der Waals surface area (Å²) in [4.78, 5) is 1.37. The second-order valence-corrected chi connectivity index (χ2v) is 4.32. The summed E-state index contributed by atoms with van der Waals surface area (Å²) in [7, 11) is 0. The number of thioether (sulfide) groups is 1. The monoisotopic (exact) mass is 201 g/mol. The van der Waals surface area contributed by atoms with Crippen LogP contribution >= 0.6 is 11.8 Å². The van der Waals surface area contributed by atoms with E-state index in [1.54, 1.807) is 0 Å². The lowest BCUT2D eigenvalue weighted by molar-refractivity contribution is 1.24. The Morgan fingerprint density at radius 1 is 1.00 bits per heavy atom. The second kappa shape index (κ2) is 4.52. The molecular formula is C13H13S. The summed E-state index contributed by atoms with van der Waals surface area (Å²) >= 11 is 1.89. The van der Waals surface area contributed by atoms with Crippen molar-refractivity contribution in [1.29, 1.82) is 0 Å². The van der Waals surface area contributed by atoms with Crippen molar-refractivity contribution in [2.75, 3.05) is 5.75 Å². The Bertz CT molecular complexity index is 415. The predicted molar refractivity (Wildman–Crippen MR) is 64.6 cm³/mol. The first-order valence-electron chi connectivity index (χ1n) is 4.81. The summed E-state index contributed by atoms with van der Waals surface area (Å²) in [5.41, 5.74) is 0. The van der Waals surface area contributed by atoms with Crippen LogP contribution in [0, 0.1) is 6.92 Å². The molecule has 0 saturated heterocycles. The Balaban J connectivity index is 2.43. The van der Waals surface area contributed by atoms with Gasteiger partial charge >= 0.3 is 0 Å². The van der Waals surface area contributed by atoms with Gasteiger partial charge in [0.25, 0.3) is 0 Å². The molecule has 0 aliphatic carbocycles. The number of benzene rings is 2. The van der Waals surface area contributed by atoms with Gasteiger partial charge in [-0.05, 0) is 29.0 Å². The number of fused-ring (bicyclic) bond motifs is 1. The van der Waals surface area contributed by atoms with Gasteiger partial charge in [0.2, 0.25) is 0 Å².